The Morgan fingerprint density at radius 3 is 2.52 bits per heavy atom. The van der Waals surface area contributed by atoms with Gasteiger partial charge in [0, 0.05) is 0 Å². The highest BCUT2D eigenvalue weighted by Gasteiger charge is 2.14. The van der Waals surface area contributed by atoms with E-state index in [1.54, 1.807) is 24.3 Å². The third-order valence-electron chi connectivity index (χ3n) is 3.05. The number of imidazole rings is 1. The third-order valence-corrected chi connectivity index (χ3v) is 3.78. The largest absolute Gasteiger partial charge is 0.483 e. The lowest BCUT2D eigenvalue weighted by atomic mass is 10.3. The summed E-state index contributed by atoms with van der Waals surface area (Å²) in [5.41, 5.74) is 1.50. The highest BCUT2D eigenvalue weighted by Crippen LogP contribution is 2.28. The van der Waals surface area contributed by atoms with E-state index < -0.39 is 0 Å². The van der Waals surface area contributed by atoms with Crippen molar-refractivity contribution in [2.45, 2.75) is 13.0 Å². The Kier molecular flexibility index (Phi) is 3.74. The van der Waals surface area contributed by atoms with Crippen LogP contribution in [-0.4, -0.2) is 9.97 Å². The van der Waals surface area contributed by atoms with Gasteiger partial charge >= 0.3 is 0 Å². The minimum absolute atomic E-state index is 0.303. The second-order valence-corrected chi connectivity index (χ2v) is 5.43. The number of nitrogens with one attached hydrogen (secondary N) is 1. The highest BCUT2D eigenvalue weighted by molar-refractivity contribution is 6.42. The maximum absolute atomic E-state index is 12.9. The van der Waals surface area contributed by atoms with Crippen molar-refractivity contribution in [3.63, 3.8) is 0 Å². The second kappa shape index (κ2) is 5.54. The van der Waals surface area contributed by atoms with E-state index in [9.17, 15) is 4.39 Å². The smallest absolute Gasteiger partial charge is 0.153 e. The van der Waals surface area contributed by atoms with Crippen LogP contribution >= 0.6 is 23.2 Å². The zero-order valence-corrected chi connectivity index (χ0v) is 12.5. The van der Waals surface area contributed by atoms with Crippen LogP contribution in [0.5, 0.6) is 5.75 Å². The first-order valence-electron chi connectivity index (χ1n) is 6.30. The zero-order chi connectivity index (χ0) is 15.0. The summed E-state index contributed by atoms with van der Waals surface area (Å²) in [4.78, 5) is 7.57. The lowest BCUT2D eigenvalue weighted by Crippen LogP contribution is -2.04. The van der Waals surface area contributed by atoms with Crippen molar-refractivity contribution in [2.24, 2.45) is 0 Å². The molecule has 0 aliphatic heterocycles. The summed E-state index contributed by atoms with van der Waals surface area (Å²) in [5.74, 6) is 0.913. The average molecular weight is 325 g/mol. The molecule has 0 bridgehead atoms. The SMILES string of the molecule is C[C@@H](Oc1ccc(F)cc1)c1nc2cc(Cl)c(Cl)cc2[nH]1. The number of halogens is 3. The summed E-state index contributed by atoms with van der Waals surface area (Å²) in [6.45, 7) is 1.85. The Morgan fingerprint density at radius 2 is 1.81 bits per heavy atom. The molecule has 2 aromatic carbocycles. The predicted octanol–water partition coefficient (Wildman–Crippen LogP) is 5.15. The summed E-state index contributed by atoms with van der Waals surface area (Å²) in [5, 5.41) is 0.917. The number of hydrogen-bond acceptors (Lipinski definition) is 2. The van der Waals surface area contributed by atoms with Gasteiger partial charge in [-0.3, -0.25) is 0 Å². The molecule has 1 aromatic heterocycles. The number of nitrogens with zero attached hydrogens (tertiary/aromatic N) is 1. The van der Waals surface area contributed by atoms with Crippen molar-refractivity contribution in [1.29, 1.82) is 0 Å². The number of hydrogen-bond donors (Lipinski definition) is 1. The van der Waals surface area contributed by atoms with Gasteiger partial charge in [-0.25, -0.2) is 9.37 Å². The first-order chi connectivity index (χ1) is 10.0. The maximum atomic E-state index is 12.9. The summed E-state index contributed by atoms with van der Waals surface area (Å²) in [6.07, 6.45) is -0.319. The van der Waals surface area contributed by atoms with Crippen LogP contribution in [0.4, 0.5) is 4.39 Å². The summed E-state index contributed by atoms with van der Waals surface area (Å²) >= 11 is 11.9. The monoisotopic (exact) mass is 324 g/mol. The van der Waals surface area contributed by atoms with Gasteiger partial charge in [-0.15, -0.1) is 0 Å². The molecule has 0 spiro atoms. The molecule has 1 heterocycles. The lowest BCUT2D eigenvalue weighted by molar-refractivity contribution is 0.217. The molecule has 21 heavy (non-hydrogen) atoms. The molecule has 0 radical (unpaired) electrons. The van der Waals surface area contributed by atoms with E-state index in [4.69, 9.17) is 27.9 Å². The Balaban J connectivity index is 1.87. The first-order valence-corrected chi connectivity index (χ1v) is 7.05. The van der Waals surface area contributed by atoms with Crippen LogP contribution in [0.25, 0.3) is 11.0 Å². The van der Waals surface area contributed by atoms with Gasteiger partial charge in [0.2, 0.25) is 0 Å². The standard InChI is InChI=1S/C15H11Cl2FN2O/c1-8(21-10-4-2-9(18)3-5-10)15-19-13-6-11(16)12(17)7-14(13)20-15/h2-8H,1H3,(H,19,20)/t8-/m1/s1. The van der Waals surface area contributed by atoms with E-state index in [-0.39, 0.29) is 11.9 Å². The van der Waals surface area contributed by atoms with Crippen LogP contribution in [0, 0.1) is 5.82 Å². The van der Waals surface area contributed by atoms with E-state index in [2.05, 4.69) is 9.97 Å². The Bertz CT molecular complexity index is 747. The number of benzene rings is 2. The summed E-state index contributed by atoms with van der Waals surface area (Å²) < 4.78 is 18.6. The Hall–Kier alpha value is -1.78. The molecule has 3 aromatic rings. The second-order valence-electron chi connectivity index (χ2n) is 4.62. The van der Waals surface area contributed by atoms with Gasteiger partial charge in [-0.05, 0) is 43.3 Å². The molecule has 3 nitrogen and oxygen atoms in total. The van der Waals surface area contributed by atoms with Crippen molar-refractivity contribution in [3.05, 3.63) is 58.1 Å². The van der Waals surface area contributed by atoms with Crippen molar-refractivity contribution in [2.75, 3.05) is 0 Å². The third kappa shape index (κ3) is 2.96. The van der Waals surface area contributed by atoms with Gasteiger partial charge in [0.15, 0.2) is 6.10 Å². The zero-order valence-electron chi connectivity index (χ0n) is 11.0. The molecule has 0 unspecified atom stereocenters. The summed E-state index contributed by atoms with van der Waals surface area (Å²) in [6, 6.07) is 9.26. The Labute approximate surface area is 130 Å². The normalized spacial score (nSPS) is 12.6. The van der Waals surface area contributed by atoms with E-state index in [0.29, 0.717) is 27.1 Å². The topological polar surface area (TPSA) is 37.9 Å². The molecule has 0 aliphatic rings. The molecule has 6 heteroatoms. The van der Waals surface area contributed by atoms with Crippen molar-refractivity contribution in [3.8, 4) is 5.75 Å². The minimum Gasteiger partial charge on any atom is -0.483 e. The van der Waals surface area contributed by atoms with Crippen LogP contribution in [0.15, 0.2) is 36.4 Å². The van der Waals surface area contributed by atoms with Gasteiger partial charge in [0.05, 0.1) is 21.1 Å². The van der Waals surface area contributed by atoms with Gasteiger partial charge in [-0.1, -0.05) is 23.2 Å². The lowest BCUT2D eigenvalue weighted by Gasteiger charge is -2.12. The van der Waals surface area contributed by atoms with Crippen LogP contribution in [-0.2, 0) is 0 Å². The highest BCUT2D eigenvalue weighted by atomic mass is 35.5. The number of rotatable bonds is 3. The van der Waals surface area contributed by atoms with Crippen molar-refractivity contribution < 1.29 is 9.13 Å². The van der Waals surface area contributed by atoms with Crippen molar-refractivity contribution in [1.82, 2.24) is 9.97 Å². The molecule has 0 aliphatic carbocycles. The van der Waals surface area contributed by atoms with Gasteiger partial charge in [-0.2, -0.15) is 0 Å². The van der Waals surface area contributed by atoms with Gasteiger partial charge < -0.3 is 9.72 Å². The molecule has 108 valence electrons. The van der Waals surface area contributed by atoms with Gasteiger partial charge in [0.1, 0.15) is 17.4 Å². The quantitative estimate of drug-likeness (QED) is 0.723. The number of aromatic nitrogens is 2. The van der Waals surface area contributed by atoms with Crippen LogP contribution in [0.1, 0.15) is 18.9 Å². The van der Waals surface area contributed by atoms with Crippen LogP contribution in [0.2, 0.25) is 10.0 Å². The molecule has 0 saturated carbocycles. The molecule has 0 amide bonds. The molecular weight excluding hydrogens is 314 g/mol. The molecule has 1 N–H and O–H groups in total. The number of ether oxygens (including phenoxy) is 1. The average Bonchev–Trinajstić information content (AvgIpc) is 2.85. The number of aromatic amines is 1. The molecule has 1 atom stereocenters. The fourth-order valence-electron chi connectivity index (χ4n) is 1.99. The van der Waals surface area contributed by atoms with Gasteiger partial charge in [0.25, 0.3) is 0 Å². The van der Waals surface area contributed by atoms with Crippen LogP contribution in [0.3, 0.4) is 0 Å². The Morgan fingerprint density at radius 1 is 1.14 bits per heavy atom. The number of fused-ring (bicyclic) bond motifs is 1. The molecular formula is C15H11Cl2FN2O. The van der Waals surface area contributed by atoms with E-state index in [1.807, 2.05) is 6.92 Å². The maximum Gasteiger partial charge on any atom is 0.153 e. The fourth-order valence-corrected chi connectivity index (χ4v) is 2.31. The molecule has 0 saturated heterocycles. The van der Waals surface area contributed by atoms with Crippen molar-refractivity contribution >= 4 is 34.2 Å². The molecule has 0 fully saturated rings. The number of H-pyrrole nitrogens is 1. The van der Waals surface area contributed by atoms with E-state index >= 15 is 0 Å². The predicted molar refractivity (Wildman–Crippen MR) is 81.6 cm³/mol. The summed E-state index contributed by atoms with van der Waals surface area (Å²) in [7, 11) is 0. The first kappa shape index (κ1) is 14.2. The fraction of sp³-hybridized carbons (Fsp3) is 0.133. The van der Waals surface area contributed by atoms with E-state index in [1.165, 1.54) is 12.1 Å². The van der Waals surface area contributed by atoms with E-state index in [0.717, 1.165) is 5.52 Å². The van der Waals surface area contributed by atoms with Crippen LogP contribution < -0.4 is 4.74 Å². The minimum atomic E-state index is -0.319. The molecule has 3 rings (SSSR count).